The number of benzene rings is 1. The molecule has 0 saturated heterocycles. The fourth-order valence-electron chi connectivity index (χ4n) is 2.48. The molecule has 0 fully saturated rings. The lowest BCUT2D eigenvalue weighted by Gasteiger charge is -2.23. The van der Waals surface area contributed by atoms with Crippen LogP contribution in [0.5, 0.6) is 5.75 Å². The Morgan fingerprint density at radius 3 is 2.67 bits per heavy atom. The lowest BCUT2D eigenvalue weighted by Crippen LogP contribution is -2.24. The maximum atomic E-state index is 12.3. The summed E-state index contributed by atoms with van der Waals surface area (Å²) in [6.07, 6.45) is 4.81. The summed E-state index contributed by atoms with van der Waals surface area (Å²) in [6, 6.07) is 2.79. The van der Waals surface area contributed by atoms with Gasteiger partial charge in [-0.1, -0.05) is 12.2 Å². The molecule has 0 aromatic heterocycles. The van der Waals surface area contributed by atoms with Gasteiger partial charge in [-0.15, -0.1) is 0 Å². The van der Waals surface area contributed by atoms with Crippen molar-refractivity contribution in [2.75, 3.05) is 5.73 Å². The average Bonchev–Trinajstić information content (AvgIpc) is 2.38. The van der Waals surface area contributed by atoms with Crippen molar-refractivity contribution in [3.63, 3.8) is 0 Å². The van der Waals surface area contributed by atoms with Crippen molar-refractivity contribution in [2.45, 2.75) is 12.8 Å². The number of allylic oxidation sites excluding steroid dienone is 4. The van der Waals surface area contributed by atoms with E-state index in [1.165, 1.54) is 12.1 Å². The van der Waals surface area contributed by atoms with Gasteiger partial charge in [-0.2, -0.15) is 0 Å². The third-order valence-electron chi connectivity index (χ3n) is 3.36. The molecule has 0 aliphatic heterocycles. The van der Waals surface area contributed by atoms with E-state index in [4.69, 9.17) is 5.73 Å². The van der Waals surface area contributed by atoms with E-state index in [-0.39, 0.29) is 34.1 Å². The molecule has 0 heterocycles. The van der Waals surface area contributed by atoms with Gasteiger partial charge in [-0.05, 0) is 25.0 Å². The molecule has 4 nitrogen and oxygen atoms in total. The number of Topliss-reactive ketones (excluding diaryl/α,β-unsaturated/α-hetero) is 2. The number of anilines is 1. The number of carbonyl (C=O) groups is 2. The number of nitrogen functional groups attached to an aromatic ring is 1. The molecule has 0 saturated carbocycles. The first-order chi connectivity index (χ1) is 8.61. The van der Waals surface area contributed by atoms with Crippen LogP contribution >= 0.6 is 0 Å². The first kappa shape index (κ1) is 10.8. The second-order valence-electron chi connectivity index (χ2n) is 4.42. The van der Waals surface area contributed by atoms with Gasteiger partial charge < -0.3 is 10.8 Å². The highest BCUT2D eigenvalue weighted by atomic mass is 16.3. The Balaban J connectivity index is 2.34. The molecule has 2 aliphatic rings. The summed E-state index contributed by atoms with van der Waals surface area (Å²) in [5.74, 6) is -0.749. The highest BCUT2D eigenvalue weighted by Gasteiger charge is 2.35. The SMILES string of the molecule is Nc1ccc(O)c2c1C(=O)C1=C(C=CCC1)C2=O. The zero-order valence-corrected chi connectivity index (χ0v) is 9.56. The van der Waals surface area contributed by atoms with Gasteiger partial charge in [0, 0.05) is 16.8 Å². The molecule has 90 valence electrons. The number of rotatable bonds is 0. The van der Waals surface area contributed by atoms with Crippen LogP contribution in [0.4, 0.5) is 5.69 Å². The summed E-state index contributed by atoms with van der Waals surface area (Å²) in [7, 11) is 0. The number of nitrogens with two attached hydrogens (primary N) is 1. The van der Waals surface area contributed by atoms with Crippen molar-refractivity contribution in [2.24, 2.45) is 0 Å². The maximum Gasteiger partial charge on any atom is 0.197 e. The van der Waals surface area contributed by atoms with Gasteiger partial charge in [0.25, 0.3) is 0 Å². The van der Waals surface area contributed by atoms with Crippen LogP contribution in [0.2, 0.25) is 0 Å². The van der Waals surface area contributed by atoms with Crippen LogP contribution in [0, 0.1) is 0 Å². The van der Waals surface area contributed by atoms with Crippen LogP contribution in [0.25, 0.3) is 0 Å². The minimum absolute atomic E-state index is 0.0327. The molecule has 1 aromatic rings. The normalized spacial score (nSPS) is 17.8. The Labute approximate surface area is 103 Å². The number of hydrogen-bond acceptors (Lipinski definition) is 4. The topological polar surface area (TPSA) is 80.4 Å². The van der Waals surface area contributed by atoms with E-state index in [9.17, 15) is 14.7 Å². The molecular formula is C14H11NO3. The van der Waals surface area contributed by atoms with Crippen LogP contribution in [-0.2, 0) is 0 Å². The van der Waals surface area contributed by atoms with Crippen LogP contribution in [0.15, 0.2) is 35.4 Å². The van der Waals surface area contributed by atoms with Crippen molar-refractivity contribution in [3.05, 3.63) is 46.6 Å². The molecule has 3 rings (SSSR count). The van der Waals surface area contributed by atoms with Crippen molar-refractivity contribution >= 4 is 17.3 Å². The van der Waals surface area contributed by atoms with Crippen molar-refractivity contribution in [1.29, 1.82) is 0 Å². The fourth-order valence-corrected chi connectivity index (χ4v) is 2.48. The van der Waals surface area contributed by atoms with Gasteiger partial charge in [-0.25, -0.2) is 0 Å². The minimum atomic E-state index is -0.319. The molecule has 2 aliphatic carbocycles. The Hall–Kier alpha value is -2.36. The third kappa shape index (κ3) is 1.26. The summed E-state index contributed by atoms with van der Waals surface area (Å²) in [5, 5.41) is 9.78. The van der Waals surface area contributed by atoms with E-state index in [0.717, 1.165) is 6.42 Å². The predicted molar refractivity (Wildman–Crippen MR) is 66.6 cm³/mol. The van der Waals surface area contributed by atoms with E-state index >= 15 is 0 Å². The van der Waals surface area contributed by atoms with E-state index < -0.39 is 0 Å². The number of aromatic hydroxyl groups is 1. The monoisotopic (exact) mass is 241 g/mol. The van der Waals surface area contributed by atoms with Crippen LogP contribution < -0.4 is 5.73 Å². The summed E-state index contributed by atoms with van der Waals surface area (Å²) in [6.45, 7) is 0. The van der Waals surface area contributed by atoms with E-state index in [1.54, 1.807) is 6.08 Å². The summed E-state index contributed by atoms with van der Waals surface area (Å²) < 4.78 is 0. The first-order valence-corrected chi connectivity index (χ1v) is 5.72. The number of hydrogen-bond donors (Lipinski definition) is 2. The number of carbonyl (C=O) groups excluding carboxylic acids is 2. The molecule has 0 atom stereocenters. The summed E-state index contributed by atoms with van der Waals surface area (Å²) >= 11 is 0. The zero-order chi connectivity index (χ0) is 12.9. The Morgan fingerprint density at radius 2 is 1.89 bits per heavy atom. The molecule has 0 spiro atoms. The molecule has 3 N–H and O–H groups in total. The Morgan fingerprint density at radius 1 is 1.11 bits per heavy atom. The third-order valence-corrected chi connectivity index (χ3v) is 3.36. The van der Waals surface area contributed by atoms with Gasteiger partial charge >= 0.3 is 0 Å². The quantitative estimate of drug-likeness (QED) is 0.537. The summed E-state index contributed by atoms with van der Waals surface area (Å²) in [4.78, 5) is 24.6. The lowest BCUT2D eigenvalue weighted by atomic mass is 9.79. The molecule has 1 aromatic carbocycles. The smallest absolute Gasteiger partial charge is 0.197 e. The average molecular weight is 241 g/mol. The maximum absolute atomic E-state index is 12.3. The number of ketones is 2. The Bertz CT molecular complexity index is 653. The van der Waals surface area contributed by atoms with Crippen LogP contribution in [0.1, 0.15) is 33.6 Å². The molecule has 4 heteroatoms. The predicted octanol–water partition coefficient (Wildman–Crippen LogP) is 2.00. The van der Waals surface area contributed by atoms with Crippen molar-refractivity contribution in [1.82, 2.24) is 0 Å². The second kappa shape index (κ2) is 3.57. The van der Waals surface area contributed by atoms with Gasteiger partial charge in [0.2, 0.25) is 0 Å². The van der Waals surface area contributed by atoms with Gasteiger partial charge in [0.05, 0.1) is 11.1 Å². The summed E-state index contributed by atoms with van der Waals surface area (Å²) in [5.41, 5.74) is 7.07. The van der Waals surface area contributed by atoms with Gasteiger partial charge in [0.15, 0.2) is 11.6 Å². The number of fused-ring (bicyclic) bond motifs is 1. The van der Waals surface area contributed by atoms with E-state index in [2.05, 4.69) is 0 Å². The molecule has 0 unspecified atom stereocenters. The van der Waals surface area contributed by atoms with Crippen LogP contribution in [0.3, 0.4) is 0 Å². The van der Waals surface area contributed by atoms with Crippen molar-refractivity contribution in [3.8, 4) is 5.75 Å². The molecule has 0 radical (unpaired) electrons. The number of phenols is 1. The molecule has 0 bridgehead atoms. The standard InChI is InChI=1S/C14H11NO3/c15-9-5-6-10(16)12-11(9)13(17)7-3-1-2-4-8(7)14(12)18/h2,4-6,16H,1,3,15H2. The van der Waals surface area contributed by atoms with E-state index in [0.29, 0.717) is 17.6 Å². The number of phenolic OH excluding ortho intramolecular Hbond substituents is 1. The molecule has 18 heavy (non-hydrogen) atoms. The van der Waals surface area contributed by atoms with Gasteiger partial charge in [0.1, 0.15) is 5.75 Å². The highest BCUT2D eigenvalue weighted by Crippen LogP contribution is 2.38. The first-order valence-electron chi connectivity index (χ1n) is 5.72. The van der Waals surface area contributed by atoms with Crippen molar-refractivity contribution < 1.29 is 14.7 Å². The highest BCUT2D eigenvalue weighted by molar-refractivity contribution is 6.30. The molecular weight excluding hydrogens is 230 g/mol. The second-order valence-corrected chi connectivity index (χ2v) is 4.42. The van der Waals surface area contributed by atoms with Gasteiger partial charge in [-0.3, -0.25) is 9.59 Å². The van der Waals surface area contributed by atoms with E-state index in [1.807, 2.05) is 6.08 Å². The fraction of sp³-hybridized carbons (Fsp3) is 0.143. The zero-order valence-electron chi connectivity index (χ0n) is 9.56. The van der Waals surface area contributed by atoms with Crippen LogP contribution in [-0.4, -0.2) is 16.7 Å². The minimum Gasteiger partial charge on any atom is -0.507 e. The molecule has 0 amide bonds. The lowest BCUT2D eigenvalue weighted by molar-refractivity contribution is 0.0972. The Kier molecular flexibility index (Phi) is 2.13. The largest absolute Gasteiger partial charge is 0.507 e.